The number of primary amides is 1. The Balaban J connectivity index is 2.43. The van der Waals surface area contributed by atoms with Crippen molar-refractivity contribution in [3.8, 4) is 5.75 Å². The molecule has 3 N–H and O–H groups in total. The highest BCUT2D eigenvalue weighted by atomic mass is 16.6. The predicted molar refractivity (Wildman–Crippen MR) is 77.8 cm³/mol. The van der Waals surface area contributed by atoms with Gasteiger partial charge in [-0.2, -0.15) is 0 Å². The minimum absolute atomic E-state index is 0.0287. The van der Waals surface area contributed by atoms with E-state index in [-0.39, 0.29) is 25.4 Å². The SMILES string of the molecule is [N-]=[N+]=NC(COc1cccc(C(N)=O)c1)OCCOCC(=O)O. The molecule has 1 rings (SSSR count). The fourth-order valence-corrected chi connectivity index (χ4v) is 1.48. The van der Waals surface area contributed by atoms with Gasteiger partial charge in [-0.15, -0.1) is 0 Å². The zero-order valence-corrected chi connectivity index (χ0v) is 12.1. The molecule has 0 aliphatic heterocycles. The molecule has 0 saturated heterocycles. The Morgan fingerprint density at radius 2 is 2.17 bits per heavy atom. The van der Waals surface area contributed by atoms with E-state index in [9.17, 15) is 9.59 Å². The van der Waals surface area contributed by atoms with Gasteiger partial charge in [-0.05, 0) is 23.7 Å². The third-order valence-corrected chi connectivity index (χ3v) is 2.46. The van der Waals surface area contributed by atoms with Gasteiger partial charge in [-0.25, -0.2) is 4.79 Å². The smallest absolute Gasteiger partial charge is 0.329 e. The normalized spacial score (nSPS) is 11.3. The van der Waals surface area contributed by atoms with E-state index in [4.69, 9.17) is 30.6 Å². The average molecular weight is 324 g/mol. The Kier molecular flexibility index (Phi) is 7.94. The number of rotatable bonds is 11. The molecule has 0 saturated carbocycles. The highest BCUT2D eigenvalue weighted by molar-refractivity contribution is 5.93. The third-order valence-electron chi connectivity index (χ3n) is 2.46. The Bertz CT molecular complexity index is 588. The number of hydrogen-bond donors (Lipinski definition) is 2. The monoisotopic (exact) mass is 324 g/mol. The van der Waals surface area contributed by atoms with Crippen LogP contribution in [0.4, 0.5) is 0 Å². The molecule has 10 nitrogen and oxygen atoms in total. The molecule has 1 atom stereocenters. The molecule has 0 aliphatic carbocycles. The molecule has 0 aliphatic rings. The summed E-state index contributed by atoms with van der Waals surface area (Å²) in [5.41, 5.74) is 13.9. The zero-order chi connectivity index (χ0) is 17.1. The first-order valence-electron chi connectivity index (χ1n) is 6.51. The summed E-state index contributed by atoms with van der Waals surface area (Å²) in [7, 11) is 0. The van der Waals surface area contributed by atoms with Gasteiger partial charge < -0.3 is 25.1 Å². The fourth-order valence-electron chi connectivity index (χ4n) is 1.48. The number of carbonyl (C=O) groups excluding carboxylic acids is 1. The first-order valence-corrected chi connectivity index (χ1v) is 6.51. The Morgan fingerprint density at radius 1 is 1.39 bits per heavy atom. The summed E-state index contributed by atoms with van der Waals surface area (Å²) < 4.78 is 15.4. The van der Waals surface area contributed by atoms with Crippen molar-refractivity contribution in [1.29, 1.82) is 0 Å². The lowest BCUT2D eigenvalue weighted by atomic mass is 10.2. The molecule has 1 aromatic carbocycles. The standard InChI is InChI=1S/C13H16N4O6/c14-13(20)9-2-1-3-10(6-9)23-7-11(16-17-15)22-5-4-21-8-12(18)19/h1-3,6,11H,4-5,7-8H2,(H2,14,20)(H,18,19). The second-order valence-corrected chi connectivity index (χ2v) is 4.18. The van der Waals surface area contributed by atoms with E-state index in [0.29, 0.717) is 5.75 Å². The van der Waals surface area contributed by atoms with E-state index in [1.807, 2.05) is 0 Å². The van der Waals surface area contributed by atoms with Crippen LogP contribution >= 0.6 is 0 Å². The maximum Gasteiger partial charge on any atom is 0.329 e. The van der Waals surface area contributed by atoms with Crippen molar-refractivity contribution in [3.63, 3.8) is 0 Å². The van der Waals surface area contributed by atoms with E-state index in [2.05, 4.69) is 10.0 Å². The summed E-state index contributed by atoms with van der Waals surface area (Å²) in [4.78, 5) is 23.9. The van der Waals surface area contributed by atoms with Gasteiger partial charge in [0.05, 0.1) is 13.2 Å². The molecule has 0 heterocycles. The van der Waals surface area contributed by atoms with Crippen LogP contribution in [0.2, 0.25) is 0 Å². The quantitative estimate of drug-likeness (QED) is 0.266. The largest absolute Gasteiger partial charge is 0.491 e. The minimum Gasteiger partial charge on any atom is -0.491 e. The zero-order valence-electron chi connectivity index (χ0n) is 12.1. The summed E-state index contributed by atoms with van der Waals surface area (Å²) in [6, 6.07) is 6.19. The van der Waals surface area contributed by atoms with Gasteiger partial charge in [0.2, 0.25) is 5.91 Å². The second-order valence-electron chi connectivity index (χ2n) is 4.18. The van der Waals surface area contributed by atoms with Crippen LogP contribution < -0.4 is 10.5 Å². The van der Waals surface area contributed by atoms with Crippen LogP contribution in [-0.4, -0.2) is 49.6 Å². The summed E-state index contributed by atoms with van der Waals surface area (Å²) in [6.45, 7) is -0.472. The lowest BCUT2D eigenvalue weighted by Crippen LogP contribution is -2.22. The molecule has 1 amide bonds. The molecule has 0 aromatic heterocycles. The number of amides is 1. The highest BCUT2D eigenvalue weighted by Crippen LogP contribution is 2.13. The number of carboxylic acids is 1. The van der Waals surface area contributed by atoms with E-state index in [1.54, 1.807) is 12.1 Å². The molecule has 0 bridgehead atoms. The van der Waals surface area contributed by atoms with Crippen LogP contribution in [0.15, 0.2) is 29.4 Å². The van der Waals surface area contributed by atoms with Gasteiger partial charge in [-0.3, -0.25) is 4.79 Å². The van der Waals surface area contributed by atoms with Crippen molar-refractivity contribution in [2.24, 2.45) is 10.8 Å². The molecular weight excluding hydrogens is 308 g/mol. The van der Waals surface area contributed by atoms with E-state index < -0.39 is 24.7 Å². The van der Waals surface area contributed by atoms with E-state index in [0.717, 1.165) is 0 Å². The number of carbonyl (C=O) groups is 2. The van der Waals surface area contributed by atoms with Gasteiger partial charge in [0.25, 0.3) is 0 Å². The first kappa shape index (κ1) is 18.2. The maximum atomic E-state index is 11.1. The van der Waals surface area contributed by atoms with Crippen LogP contribution in [0.3, 0.4) is 0 Å². The minimum atomic E-state index is -1.09. The molecule has 0 radical (unpaired) electrons. The Morgan fingerprint density at radius 3 is 2.83 bits per heavy atom. The number of nitrogens with two attached hydrogens (primary N) is 1. The highest BCUT2D eigenvalue weighted by Gasteiger charge is 2.09. The lowest BCUT2D eigenvalue weighted by molar-refractivity contribution is -0.143. The summed E-state index contributed by atoms with van der Waals surface area (Å²) in [5.74, 6) is -1.31. The maximum absolute atomic E-state index is 11.1. The fraction of sp³-hybridized carbons (Fsp3) is 0.385. The van der Waals surface area contributed by atoms with Gasteiger partial charge in [0.1, 0.15) is 19.0 Å². The number of aliphatic carboxylic acids is 1. The van der Waals surface area contributed by atoms with Crippen molar-refractivity contribution < 1.29 is 28.9 Å². The molecule has 10 heteroatoms. The van der Waals surface area contributed by atoms with Gasteiger partial charge in [0, 0.05) is 10.5 Å². The van der Waals surface area contributed by atoms with E-state index >= 15 is 0 Å². The summed E-state index contributed by atoms with van der Waals surface area (Å²) in [5, 5.41) is 11.8. The number of ether oxygens (including phenoxy) is 3. The summed E-state index contributed by atoms with van der Waals surface area (Å²) >= 11 is 0. The molecule has 0 fully saturated rings. The molecule has 23 heavy (non-hydrogen) atoms. The van der Waals surface area contributed by atoms with Crippen LogP contribution in [0.1, 0.15) is 10.4 Å². The number of nitrogens with zero attached hydrogens (tertiary/aromatic N) is 3. The number of carboxylic acid groups (broad SMARTS) is 1. The van der Waals surface area contributed by atoms with Crippen LogP contribution in [-0.2, 0) is 14.3 Å². The van der Waals surface area contributed by atoms with Crippen molar-refractivity contribution >= 4 is 11.9 Å². The average Bonchev–Trinajstić information content (AvgIpc) is 2.52. The van der Waals surface area contributed by atoms with Crippen molar-refractivity contribution in [3.05, 3.63) is 40.3 Å². The number of hydrogen-bond acceptors (Lipinski definition) is 6. The molecular formula is C13H16N4O6. The van der Waals surface area contributed by atoms with Crippen molar-refractivity contribution in [2.45, 2.75) is 6.23 Å². The number of azide groups is 1. The molecule has 124 valence electrons. The van der Waals surface area contributed by atoms with Crippen LogP contribution in [0.25, 0.3) is 10.4 Å². The Hall–Kier alpha value is -2.81. The van der Waals surface area contributed by atoms with Gasteiger partial charge in [0.15, 0.2) is 6.23 Å². The Labute approximate surface area is 131 Å². The van der Waals surface area contributed by atoms with Gasteiger partial charge >= 0.3 is 5.97 Å². The molecule has 1 aromatic rings. The lowest BCUT2D eigenvalue weighted by Gasteiger charge is -2.14. The van der Waals surface area contributed by atoms with Crippen molar-refractivity contribution in [2.75, 3.05) is 26.4 Å². The van der Waals surface area contributed by atoms with E-state index in [1.165, 1.54) is 12.1 Å². The number of benzene rings is 1. The van der Waals surface area contributed by atoms with Gasteiger partial charge in [-0.1, -0.05) is 11.2 Å². The third kappa shape index (κ3) is 7.67. The second kappa shape index (κ2) is 10.0. The predicted octanol–water partition coefficient (Wildman–Crippen LogP) is 0.919. The van der Waals surface area contributed by atoms with Crippen LogP contribution in [0.5, 0.6) is 5.75 Å². The molecule has 0 spiro atoms. The van der Waals surface area contributed by atoms with Crippen molar-refractivity contribution in [1.82, 2.24) is 0 Å². The molecule has 1 unspecified atom stereocenters. The first-order chi connectivity index (χ1) is 11.0. The summed E-state index contributed by atoms with van der Waals surface area (Å²) in [6.07, 6.45) is -0.925. The topological polar surface area (TPSA) is 157 Å². The van der Waals surface area contributed by atoms with Crippen LogP contribution in [0, 0.1) is 0 Å².